The summed E-state index contributed by atoms with van der Waals surface area (Å²) < 4.78 is 0. The number of H-pyrrole nitrogens is 2. The number of hydrogen-bond donors (Lipinski definition) is 3. The number of rotatable bonds is 4. The molecule has 3 N–H and O–H groups in total. The summed E-state index contributed by atoms with van der Waals surface area (Å²) in [5.74, 6) is 0.454. The van der Waals surface area contributed by atoms with E-state index in [0.29, 0.717) is 18.0 Å². The van der Waals surface area contributed by atoms with Crippen molar-refractivity contribution in [2.45, 2.75) is 31.6 Å². The summed E-state index contributed by atoms with van der Waals surface area (Å²) in [5, 5.41) is 4.44. The molecule has 4 aromatic rings. The van der Waals surface area contributed by atoms with Crippen LogP contribution in [0.3, 0.4) is 0 Å². The van der Waals surface area contributed by atoms with Crippen LogP contribution in [0.25, 0.3) is 21.9 Å². The van der Waals surface area contributed by atoms with Gasteiger partial charge in [0.2, 0.25) is 0 Å². The first-order valence-corrected chi connectivity index (χ1v) is 9.60. The predicted octanol–water partition coefficient (Wildman–Crippen LogP) is 4.28. The Bertz CT molecular complexity index is 1120. The smallest absolute Gasteiger partial charge is 0.251 e. The largest absolute Gasteiger partial charge is 0.358 e. The van der Waals surface area contributed by atoms with Crippen molar-refractivity contribution < 1.29 is 4.79 Å². The fourth-order valence-electron chi connectivity index (χ4n) is 4.34. The lowest BCUT2D eigenvalue weighted by Gasteiger charge is -2.22. The van der Waals surface area contributed by atoms with Crippen LogP contribution in [0.15, 0.2) is 48.8 Å². The summed E-state index contributed by atoms with van der Waals surface area (Å²) in [6.07, 6.45) is 6.14. The maximum atomic E-state index is 12.5. The molecule has 0 radical (unpaired) electrons. The SMILES string of the molecule is O=C(NCCC1CCCc2c1[nH]c1ccccc21)c1ccc2nc[nH]c2c1. The fraction of sp³-hybridized carbons (Fsp3) is 0.273. The molecule has 27 heavy (non-hydrogen) atoms. The van der Waals surface area contributed by atoms with Gasteiger partial charge in [-0.2, -0.15) is 0 Å². The summed E-state index contributed by atoms with van der Waals surface area (Å²) >= 11 is 0. The number of carbonyl (C=O) groups is 1. The molecule has 5 rings (SSSR count). The van der Waals surface area contributed by atoms with Crippen LogP contribution in [-0.4, -0.2) is 27.4 Å². The number of aromatic amines is 2. The Hall–Kier alpha value is -3.08. The van der Waals surface area contributed by atoms with Crippen LogP contribution < -0.4 is 5.32 Å². The molecule has 0 saturated heterocycles. The van der Waals surface area contributed by atoms with Gasteiger partial charge in [-0.1, -0.05) is 18.2 Å². The topological polar surface area (TPSA) is 73.6 Å². The van der Waals surface area contributed by atoms with E-state index in [2.05, 4.69) is 44.5 Å². The van der Waals surface area contributed by atoms with Crippen LogP contribution in [0.2, 0.25) is 0 Å². The third kappa shape index (κ3) is 2.89. The zero-order chi connectivity index (χ0) is 18.2. The molecular weight excluding hydrogens is 336 g/mol. The molecule has 0 spiro atoms. The third-order valence-electron chi connectivity index (χ3n) is 5.70. The van der Waals surface area contributed by atoms with E-state index in [9.17, 15) is 4.79 Å². The molecule has 1 aliphatic rings. The number of nitrogens with one attached hydrogen (secondary N) is 3. The number of aryl methyl sites for hydroxylation is 1. The van der Waals surface area contributed by atoms with E-state index in [1.165, 1.54) is 35.0 Å². The lowest BCUT2D eigenvalue weighted by Crippen LogP contribution is -2.26. The van der Waals surface area contributed by atoms with E-state index in [0.717, 1.165) is 23.9 Å². The van der Waals surface area contributed by atoms with E-state index in [-0.39, 0.29) is 5.91 Å². The Labute approximate surface area is 157 Å². The van der Waals surface area contributed by atoms with E-state index >= 15 is 0 Å². The maximum absolute atomic E-state index is 12.5. The fourth-order valence-corrected chi connectivity index (χ4v) is 4.34. The van der Waals surface area contributed by atoms with Crippen molar-refractivity contribution in [3.63, 3.8) is 0 Å². The lowest BCUT2D eigenvalue weighted by atomic mass is 9.85. The summed E-state index contributed by atoms with van der Waals surface area (Å²) in [7, 11) is 0. The highest BCUT2D eigenvalue weighted by atomic mass is 16.1. The van der Waals surface area contributed by atoms with Gasteiger partial charge in [-0.3, -0.25) is 4.79 Å². The molecular formula is C22H22N4O. The van der Waals surface area contributed by atoms with Crippen molar-refractivity contribution in [1.82, 2.24) is 20.3 Å². The molecule has 1 aliphatic carbocycles. The molecule has 0 saturated carbocycles. The molecule has 136 valence electrons. The summed E-state index contributed by atoms with van der Waals surface area (Å²) in [6, 6.07) is 14.1. The molecule has 0 aliphatic heterocycles. The molecule has 0 bridgehead atoms. The van der Waals surface area contributed by atoms with Gasteiger partial charge in [0.25, 0.3) is 5.91 Å². The molecule has 2 heterocycles. The maximum Gasteiger partial charge on any atom is 0.251 e. The van der Waals surface area contributed by atoms with Gasteiger partial charge in [0.15, 0.2) is 0 Å². The monoisotopic (exact) mass is 358 g/mol. The van der Waals surface area contributed by atoms with Crippen molar-refractivity contribution in [2.24, 2.45) is 0 Å². The highest BCUT2D eigenvalue weighted by Gasteiger charge is 2.24. The minimum Gasteiger partial charge on any atom is -0.358 e. The van der Waals surface area contributed by atoms with Gasteiger partial charge in [0, 0.05) is 34.6 Å². The van der Waals surface area contributed by atoms with E-state index in [4.69, 9.17) is 0 Å². The molecule has 0 fully saturated rings. The van der Waals surface area contributed by atoms with Crippen LogP contribution in [0.4, 0.5) is 0 Å². The summed E-state index contributed by atoms with van der Waals surface area (Å²) in [4.78, 5) is 23.4. The number of imidazole rings is 1. The Kier molecular flexibility index (Phi) is 3.93. The van der Waals surface area contributed by atoms with Crippen molar-refractivity contribution >= 4 is 27.8 Å². The lowest BCUT2D eigenvalue weighted by molar-refractivity contribution is 0.0952. The third-order valence-corrected chi connectivity index (χ3v) is 5.70. The van der Waals surface area contributed by atoms with Gasteiger partial charge >= 0.3 is 0 Å². The normalized spacial score (nSPS) is 16.5. The number of fused-ring (bicyclic) bond motifs is 4. The Morgan fingerprint density at radius 3 is 3.07 bits per heavy atom. The van der Waals surface area contributed by atoms with E-state index < -0.39 is 0 Å². The van der Waals surface area contributed by atoms with Gasteiger partial charge in [-0.05, 0) is 55.5 Å². The van der Waals surface area contributed by atoms with Crippen LogP contribution >= 0.6 is 0 Å². The number of nitrogens with zero attached hydrogens (tertiary/aromatic N) is 1. The summed E-state index contributed by atoms with van der Waals surface area (Å²) in [6.45, 7) is 0.680. The molecule has 2 aromatic carbocycles. The average molecular weight is 358 g/mol. The Morgan fingerprint density at radius 2 is 2.11 bits per heavy atom. The Morgan fingerprint density at radius 1 is 1.19 bits per heavy atom. The van der Waals surface area contributed by atoms with Crippen LogP contribution in [0.5, 0.6) is 0 Å². The number of hydrogen-bond acceptors (Lipinski definition) is 2. The number of benzene rings is 2. The second kappa shape index (κ2) is 6.58. The number of carbonyl (C=O) groups excluding carboxylic acids is 1. The van der Waals surface area contributed by atoms with Gasteiger partial charge in [0.05, 0.1) is 17.4 Å². The van der Waals surface area contributed by atoms with Crippen molar-refractivity contribution in [1.29, 1.82) is 0 Å². The van der Waals surface area contributed by atoms with Gasteiger partial charge in [-0.25, -0.2) is 4.98 Å². The van der Waals surface area contributed by atoms with Crippen molar-refractivity contribution in [3.8, 4) is 0 Å². The first-order valence-electron chi connectivity index (χ1n) is 9.60. The minimum atomic E-state index is -0.0285. The first kappa shape index (κ1) is 16.1. The summed E-state index contributed by atoms with van der Waals surface area (Å²) in [5.41, 5.74) is 6.50. The van der Waals surface area contributed by atoms with E-state index in [1.54, 1.807) is 6.33 Å². The van der Waals surface area contributed by atoms with Crippen LogP contribution in [0, 0.1) is 0 Å². The van der Waals surface area contributed by atoms with Crippen LogP contribution in [-0.2, 0) is 6.42 Å². The number of aromatic nitrogens is 3. The molecule has 5 heteroatoms. The Balaban J connectivity index is 1.27. The molecule has 1 unspecified atom stereocenters. The highest BCUT2D eigenvalue weighted by molar-refractivity contribution is 5.97. The number of amides is 1. The van der Waals surface area contributed by atoms with Crippen LogP contribution in [0.1, 0.15) is 46.8 Å². The number of para-hydroxylation sites is 1. The minimum absolute atomic E-state index is 0.0285. The molecule has 1 atom stereocenters. The second-order valence-electron chi connectivity index (χ2n) is 7.33. The molecule has 1 amide bonds. The van der Waals surface area contributed by atoms with Gasteiger partial charge < -0.3 is 15.3 Å². The van der Waals surface area contributed by atoms with Crippen molar-refractivity contribution in [3.05, 3.63) is 65.6 Å². The van der Waals surface area contributed by atoms with Gasteiger partial charge in [0.1, 0.15) is 0 Å². The van der Waals surface area contributed by atoms with E-state index in [1.807, 2.05) is 18.2 Å². The zero-order valence-electron chi connectivity index (χ0n) is 15.1. The van der Waals surface area contributed by atoms with Gasteiger partial charge in [-0.15, -0.1) is 0 Å². The highest BCUT2D eigenvalue weighted by Crippen LogP contribution is 2.37. The molecule has 5 nitrogen and oxygen atoms in total. The second-order valence-corrected chi connectivity index (χ2v) is 7.33. The van der Waals surface area contributed by atoms with Crippen molar-refractivity contribution in [2.75, 3.05) is 6.54 Å². The standard InChI is InChI=1S/C22H22N4O/c27-22(15-8-9-19-20(12-15)25-13-24-19)23-11-10-14-4-3-6-17-16-5-1-2-7-18(16)26-21(14)17/h1-2,5,7-9,12-14,26H,3-4,6,10-11H2,(H,23,27)(H,24,25). The first-order chi connectivity index (χ1) is 13.3. The predicted molar refractivity (Wildman–Crippen MR) is 107 cm³/mol. The average Bonchev–Trinajstić information content (AvgIpc) is 3.32. The quantitative estimate of drug-likeness (QED) is 0.509. The zero-order valence-corrected chi connectivity index (χ0v) is 15.1. The molecule has 2 aromatic heterocycles.